The second-order valence-electron chi connectivity index (χ2n) is 4.42. The van der Waals surface area contributed by atoms with E-state index in [9.17, 15) is 4.39 Å². The molecule has 3 heteroatoms. The fraction of sp³-hybridized carbons (Fsp3) is 0.538. The van der Waals surface area contributed by atoms with E-state index in [0.29, 0.717) is 12.0 Å². The molecule has 1 aliphatic heterocycles. The molecule has 2 unspecified atom stereocenters. The Morgan fingerprint density at radius 3 is 2.69 bits per heavy atom. The van der Waals surface area contributed by atoms with E-state index in [4.69, 9.17) is 0 Å². The van der Waals surface area contributed by atoms with Gasteiger partial charge in [-0.25, -0.2) is 4.39 Å². The molecule has 1 aromatic carbocycles. The fourth-order valence-corrected chi connectivity index (χ4v) is 2.51. The van der Waals surface area contributed by atoms with Crippen LogP contribution < -0.4 is 10.6 Å². The van der Waals surface area contributed by atoms with E-state index in [2.05, 4.69) is 10.6 Å². The van der Waals surface area contributed by atoms with Crippen LogP contribution in [0.2, 0.25) is 0 Å². The zero-order chi connectivity index (χ0) is 11.4. The minimum absolute atomic E-state index is 0.166. The summed E-state index contributed by atoms with van der Waals surface area (Å²) in [5, 5.41) is 6.76. The van der Waals surface area contributed by atoms with E-state index < -0.39 is 0 Å². The molecule has 2 rings (SSSR count). The molecule has 1 heterocycles. The number of halogens is 1. The molecule has 0 spiro atoms. The zero-order valence-electron chi connectivity index (χ0n) is 9.67. The molecule has 0 saturated carbocycles. The SMILES string of the molecule is CNC(c1ccc(F)cc1)C1CCCNC1. The van der Waals surface area contributed by atoms with Crippen molar-refractivity contribution in [3.8, 4) is 0 Å². The molecule has 2 nitrogen and oxygen atoms in total. The highest BCUT2D eigenvalue weighted by atomic mass is 19.1. The van der Waals surface area contributed by atoms with Crippen molar-refractivity contribution in [1.82, 2.24) is 10.6 Å². The van der Waals surface area contributed by atoms with E-state index in [1.165, 1.54) is 30.5 Å². The van der Waals surface area contributed by atoms with E-state index in [1.807, 2.05) is 19.2 Å². The molecule has 88 valence electrons. The van der Waals surface area contributed by atoms with Crippen molar-refractivity contribution in [2.45, 2.75) is 18.9 Å². The Hall–Kier alpha value is -0.930. The lowest BCUT2D eigenvalue weighted by molar-refractivity contribution is 0.298. The van der Waals surface area contributed by atoms with Gasteiger partial charge in [-0.1, -0.05) is 12.1 Å². The Kier molecular flexibility index (Phi) is 3.91. The molecule has 1 aliphatic rings. The second kappa shape index (κ2) is 5.41. The summed E-state index contributed by atoms with van der Waals surface area (Å²) in [4.78, 5) is 0. The van der Waals surface area contributed by atoms with Crippen molar-refractivity contribution in [3.05, 3.63) is 35.6 Å². The van der Waals surface area contributed by atoms with Gasteiger partial charge in [-0.15, -0.1) is 0 Å². The molecular formula is C13H19FN2. The summed E-state index contributed by atoms with van der Waals surface area (Å²) in [5.41, 5.74) is 1.18. The third-order valence-electron chi connectivity index (χ3n) is 3.35. The quantitative estimate of drug-likeness (QED) is 0.818. The first kappa shape index (κ1) is 11.6. The normalized spacial score (nSPS) is 23.0. The van der Waals surface area contributed by atoms with Crippen molar-refractivity contribution in [2.24, 2.45) is 5.92 Å². The number of benzene rings is 1. The number of hydrogen-bond donors (Lipinski definition) is 2. The summed E-state index contributed by atoms with van der Waals surface area (Å²) in [6, 6.07) is 7.16. The van der Waals surface area contributed by atoms with Crippen molar-refractivity contribution in [2.75, 3.05) is 20.1 Å². The van der Waals surface area contributed by atoms with Crippen molar-refractivity contribution in [1.29, 1.82) is 0 Å². The maximum absolute atomic E-state index is 12.9. The molecule has 2 atom stereocenters. The number of nitrogens with one attached hydrogen (secondary N) is 2. The Morgan fingerprint density at radius 1 is 1.38 bits per heavy atom. The summed E-state index contributed by atoms with van der Waals surface area (Å²) in [7, 11) is 1.97. The van der Waals surface area contributed by atoms with Gasteiger partial charge in [-0.05, 0) is 56.6 Å². The Balaban J connectivity index is 2.11. The first-order valence-corrected chi connectivity index (χ1v) is 5.94. The number of rotatable bonds is 3. The second-order valence-corrected chi connectivity index (χ2v) is 4.42. The van der Waals surface area contributed by atoms with Crippen LogP contribution >= 0.6 is 0 Å². The summed E-state index contributed by atoms with van der Waals surface area (Å²) in [5.74, 6) is 0.435. The highest BCUT2D eigenvalue weighted by molar-refractivity contribution is 5.20. The maximum atomic E-state index is 12.9. The zero-order valence-corrected chi connectivity index (χ0v) is 9.67. The maximum Gasteiger partial charge on any atom is 0.123 e. The van der Waals surface area contributed by atoms with Gasteiger partial charge in [0.1, 0.15) is 5.82 Å². The van der Waals surface area contributed by atoms with Gasteiger partial charge in [0, 0.05) is 6.04 Å². The lowest BCUT2D eigenvalue weighted by atomic mass is 9.87. The third kappa shape index (κ3) is 2.60. The molecule has 0 radical (unpaired) electrons. The number of piperidine rings is 1. The average Bonchev–Trinajstić information content (AvgIpc) is 2.34. The molecule has 1 fully saturated rings. The molecule has 1 saturated heterocycles. The summed E-state index contributed by atoms with van der Waals surface area (Å²) in [6.45, 7) is 2.17. The monoisotopic (exact) mass is 222 g/mol. The van der Waals surface area contributed by atoms with Crippen LogP contribution in [0.3, 0.4) is 0 Å². The predicted octanol–water partition coefficient (Wildman–Crippen LogP) is 2.09. The van der Waals surface area contributed by atoms with Gasteiger partial charge in [0.25, 0.3) is 0 Å². The first-order valence-electron chi connectivity index (χ1n) is 5.94. The van der Waals surface area contributed by atoms with E-state index in [-0.39, 0.29) is 5.82 Å². The topological polar surface area (TPSA) is 24.1 Å². The fourth-order valence-electron chi connectivity index (χ4n) is 2.51. The molecular weight excluding hydrogens is 203 g/mol. The first-order chi connectivity index (χ1) is 7.81. The highest BCUT2D eigenvalue weighted by Gasteiger charge is 2.23. The van der Waals surface area contributed by atoms with Crippen LogP contribution in [0.5, 0.6) is 0 Å². The van der Waals surface area contributed by atoms with Crippen LogP contribution in [-0.2, 0) is 0 Å². The Morgan fingerprint density at radius 2 is 2.12 bits per heavy atom. The van der Waals surface area contributed by atoms with E-state index in [1.54, 1.807) is 0 Å². The van der Waals surface area contributed by atoms with Gasteiger partial charge in [0.05, 0.1) is 0 Å². The van der Waals surface area contributed by atoms with E-state index in [0.717, 1.165) is 13.1 Å². The van der Waals surface area contributed by atoms with Crippen LogP contribution in [0.4, 0.5) is 4.39 Å². The molecule has 0 aliphatic carbocycles. The smallest absolute Gasteiger partial charge is 0.123 e. The van der Waals surface area contributed by atoms with Crippen LogP contribution in [0.1, 0.15) is 24.4 Å². The molecule has 0 aromatic heterocycles. The number of hydrogen-bond acceptors (Lipinski definition) is 2. The molecule has 2 N–H and O–H groups in total. The Bertz CT molecular complexity index is 317. The highest BCUT2D eigenvalue weighted by Crippen LogP contribution is 2.26. The molecule has 16 heavy (non-hydrogen) atoms. The van der Waals surface area contributed by atoms with Gasteiger partial charge in [0.15, 0.2) is 0 Å². The lowest BCUT2D eigenvalue weighted by Crippen LogP contribution is -2.37. The van der Waals surface area contributed by atoms with Crippen LogP contribution in [-0.4, -0.2) is 20.1 Å². The average molecular weight is 222 g/mol. The van der Waals surface area contributed by atoms with Crippen LogP contribution in [0.15, 0.2) is 24.3 Å². The Labute approximate surface area is 96.2 Å². The minimum atomic E-state index is -0.166. The minimum Gasteiger partial charge on any atom is -0.316 e. The van der Waals surface area contributed by atoms with Gasteiger partial charge < -0.3 is 10.6 Å². The summed E-state index contributed by atoms with van der Waals surface area (Å²) in [6.07, 6.45) is 2.46. The largest absolute Gasteiger partial charge is 0.316 e. The standard InChI is InChI=1S/C13H19FN2/c1-15-13(11-3-2-8-16-9-11)10-4-6-12(14)7-5-10/h4-7,11,13,15-16H,2-3,8-9H2,1H3. The molecule has 0 bridgehead atoms. The third-order valence-corrected chi connectivity index (χ3v) is 3.35. The van der Waals surface area contributed by atoms with Crippen molar-refractivity contribution in [3.63, 3.8) is 0 Å². The summed E-state index contributed by atoms with van der Waals surface area (Å²) < 4.78 is 12.9. The molecule has 1 aromatic rings. The van der Waals surface area contributed by atoms with Gasteiger partial charge in [-0.2, -0.15) is 0 Å². The van der Waals surface area contributed by atoms with E-state index >= 15 is 0 Å². The predicted molar refractivity (Wildman–Crippen MR) is 63.8 cm³/mol. The van der Waals surface area contributed by atoms with Crippen molar-refractivity contribution >= 4 is 0 Å². The van der Waals surface area contributed by atoms with Crippen LogP contribution in [0, 0.1) is 11.7 Å². The van der Waals surface area contributed by atoms with Gasteiger partial charge in [0.2, 0.25) is 0 Å². The van der Waals surface area contributed by atoms with Crippen molar-refractivity contribution < 1.29 is 4.39 Å². The van der Waals surface area contributed by atoms with Gasteiger partial charge >= 0.3 is 0 Å². The lowest BCUT2D eigenvalue weighted by Gasteiger charge is -2.31. The molecule has 0 amide bonds. The van der Waals surface area contributed by atoms with Gasteiger partial charge in [-0.3, -0.25) is 0 Å². The summed E-state index contributed by atoms with van der Waals surface area (Å²) >= 11 is 0. The van der Waals surface area contributed by atoms with Crippen LogP contribution in [0.25, 0.3) is 0 Å².